The standard InChI is InChI=1S/C10H4N2S/c11-5-7-1-2-10-8(3-7)4-9(6-12)13-10/h1-4H. The third-order valence-electron chi connectivity index (χ3n) is 1.76. The van der Waals surface area contributed by atoms with Crippen LogP contribution in [0, 0.1) is 22.7 Å². The van der Waals surface area contributed by atoms with Crippen LogP contribution >= 0.6 is 11.3 Å². The molecule has 2 nitrogen and oxygen atoms in total. The van der Waals surface area contributed by atoms with Gasteiger partial charge in [0.1, 0.15) is 10.9 Å². The number of thiophene rings is 1. The Hall–Kier alpha value is -1.84. The zero-order valence-corrected chi connectivity index (χ0v) is 7.43. The topological polar surface area (TPSA) is 47.6 Å². The normalized spacial score (nSPS) is 9.38. The van der Waals surface area contributed by atoms with Crippen LogP contribution in [0.4, 0.5) is 0 Å². The molecule has 0 bridgehead atoms. The quantitative estimate of drug-likeness (QED) is 0.631. The second-order valence-electron chi connectivity index (χ2n) is 2.59. The molecule has 0 N–H and O–H groups in total. The first kappa shape index (κ1) is 7.79. The minimum atomic E-state index is 0.634. The molecule has 0 saturated carbocycles. The summed E-state index contributed by atoms with van der Waals surface area (Å²) >= 11 is 1.45. The smallest absolute Gasteiger partial charge is 0.110 e. The number of fused-ring (bicyclic) bond motifs is 1. The highest BCUT2D eigenvalue weighted by atomic mass is 32.1. The van der Waals surface area contributed by atoms with Gasteiger partial charge in [0.15, 0.2) is 0 Å². The second-order valence-corrected chi connectivity index (χ2v) is 3.67. The summed E-state index contributed by atoms with van der Waals surface area (Å²) in [5.74, 6) is 0. The monoisotopic (exact) mass is 184 g/mol. The Kier molecular flexibility index (Phi) is 1.73. The van der Waals surface area contributed by atoms with Gasteiger partial charge in [-0.3, -0.25) is 0 Å². The van der Waals surface area contributed by atoms with Crippen LogP contribution in [0.5, 0.6) is 0 Å². The van der Waals surface area contributed by atoms with E-state index < -0.39 is 0 Å². The fourth-order valence-electron chi connectivity index (χ4n) is 1.17. The predicted molar refractivity (Wildman–Crippen MR) is 51.3 cm³/mol. The molecule has 0 atom stereocenters. The Bertz CT molecular complexity index is 528. The largest absolute Gasteiger partial charge is 0.192 e. The molecule has 2 aromatic rings. The predicted octanol–water partition coefficient (Wildman–Crippen LogP) is 2.64. The van der Waals surface area contributed by atoms with Crippen molar-refractivity contribution in [2.24, 2.45) is 0 Å². The van der Waals surface area contributed by atoms with Crippen molar-refractivity contribution in [1.29, 1.82) is 10.5 Å². The van der Waals surface area contributed by atoms with Crippen molar-refractivity contribution in [2.45, 2.75) is 0 Å². The fraction of sp³-hybridized carbons (Fsp3) is 0. The molecule has 0 unspecified atom stereocenters. The van der Waals surface area contributed by atoms with E-state index in [2.05, 4.69) is 12.1 Å². The van der Waals surface area contributed by atoms with Gasteiger partial charge in [0.25, 0.3) is 0 Å². The van der Waals surface area contributed by atoms with Gasteiger partial charge in [-0.15, -0.1) is 11.3 Å². The van der Waals surface area contributed by atoms with Gasteiger partial charge in [0.2, 0.25) is 0 Å². The number of benzene rings is 1. The van der Waals surface area contributed by atoms with Crippen LogP contribution in [-0.2, 0) is 0 Å². The first-order chi connectivity index (χ1) is 6.33. The lowest BCUT2D eigenvalue weighted by atomic mass is 10.2. The molecule has 0 radical (unpaired) electrons. The van der Waals surface area contributed by atoms with E-state index in [-0.39, 0.29) is 0 Å². The average Bonchev–Trinajstić information content (AvgIpc) is 2.58. The van der Waals surface area contributed by atoms with Gasteiger partial charge in [-0.25, -0.2) is 0 Å². The van der Waals surface area contributed by atoms with Crippen LogP contribution in [0.15, 0.2) is 24.3 Å². The van der Waals surface area contributed by atoms with Gasteiger partial charge in [-0.2, -0.15) is 10.5 Å². The number of nitriles is 2. The molecule has 2 rings (SSSR count). The van der Waals surface area contributed by atoms with Crippen molar-refractivity contribution in [3.8, 4) is 12.1 Å². The summed E-state index contributed by atoms with van der Waals surface area (Å²) in [4.78, 5) is 0.685. The molecule has 1 aromatic heterocycles. The first-order valence-electron chi connectivity index (χ1n) is 3.67. The lowest BCUT2D eigenvalue weighted by molar-refractivity contribution is 1.50. The molecule has 0 aliphatic rings. The van der Waals surface area contributed by atoms with Crippen LogP contribution in [0.2, 0.25) is 0 Å². The molecule has 0 aliphatic carbocycles. The summed E-state index contributed by atoms with van der Waals surface area (Å²) < 4.78 is 1.05. The molecule has 60 valence electrons. The molecule has 0 aliphatic heterocycles. The van der Waals surface area contributed by atoms with E-state index >= 15 is 0 Å². The third-order valence-corrected chi connectivity index (χ3v) is 2.78. The van der Waals surface area contributed by atoms with Crippen LogP contribution in [0.3, 0.4) is 0 Å². The third kappa shape index (κ3) is 1.26. The molecule has 0 amide bonds. The molecule has 0 spiro atoms. The minimum absolute atomic E-state index is 0.634. The van der Waals surface area contributed by atoms with Gasteiger partial charge in [0, 0.05) is 4.70 Å². The van der Waals surface area contributed by atoms with Crippen molar-refractivity contribution in [3.05, 3.63) is 34.7 Å². The summed E-state index contributed by atoms with van der Waals surface area (Å²) in [6.07, 6.45) is 0. The van der Waals surface area contributed by atoms with Crippen LogP contribution in [0.1, 0.15) is 10.4 Å². The van der Waals surface area contributed by atoms with Crippen molar-refractivity contribution in [2.75, 3.05) is 0 Å². The van der Waals surface area contributed by atoms with Gasteiger partial charge >= 0.3 is 0 Å². The molecular formula is C10H4N2S. The van der Waals surface area contributed by atoms with E-state index in [4.69, 9.17) is 10.5 Å². The van der Waals surface area contributed by atoms with Crippen molar-refractivity contribution in [3.63, 3.8) is 0 Å². The van der Waals surface area contributed by atoms with Crippen LogP contribution < -0.4 is 0 Å². The SMILES string of the molecule is N#Cc1ccc2sc(C#N)cc2c1. The zero-order chi connectivity index (χ0) is 9.26. The Morgan fingerprint density at radius 2 is 1.92 bits per heavy atom. The maximum Gasteiger partial charge on any atom is 0.110 e. The molecule has 0 fully saturated rings. The number of rotatable bonds is 0. The number of nitrogens with zero attached hydrogens (tertiary/aromatic N) is 2. The summed E-state index contributed by atoms with van der Waals surface area (Å²) in [7, 11) is 0. The Labute approximate surface area is 79.3 Å². The van der Waals surface area contributed by atoms with E-state index in [0.717, 1.165) is 10.1 Å². The average molecular weight is 184 g/mol. The van der Waals surface area contributed by atoms with E-state index in [1.807, 2.05) is 6.07 Å². The summed E-state index contributed by atoms with van der Waals surface area (Å²) in [5.41, 5.74) is 0.634. The van der Waals surface area contributed by atoms with E-state index in [0.29, 0.717) is 10.4 Å². The highest BCUT2D eigenvalue weighted by Crippen LogP contribution is 2.25. The van der Waals surface area contributed by atoms with E-state index in [1.54, 1.807) is 18.2 Å². The van der Waals surface area contributed by atoms with E-state index in [9.17, 15) is 0 Å². The van der Waals surface area contributed by atoms with Gasteiger partial charge in [-0.05, 0) is 29.7 Å². The maximum atomic E-state index is 8.66. The number of hydrogen-bond donors (Lipinski definition) is 0. The number of hydrogen-bond acceptors (Lipinski definition) is 3. The van der Waals surface area contributed by atoms with Crippen molar-refractivity contribution in [1.82, 2.24) is 0 Å². The van der Waals surface area contributed by atoms with Crippen LogP contribution in [-0.4, -0.2) is 0 Å². The van der Waals surface area contributed by atoms with Crippen molar-refractivity contribution >= 4 is 21.4 Å². The summed E-state index contributed by atoms with van der Waals surface area (Å²) in [5, 5.41) is 18.3. The maximum absolute atomic E-state index is 8.66. The Balaban J connectivity index is 2.74. The molecular weight excluding hydrogens is 180 g/mol. The Morgan fingerprint density at radius 1 is 1.08 bits per heavy atom. The lowest BCUT2D eigenvalue weighted by Crippen LogP contribution is -1.69. The van der Waals surface area contributed by atoms with Crippen molar-refractivity contribution < 1.29 is 0 Å². The highest BCUT2D eigenvalue weighted by molar-refractivity contribution is 7.19. The second kappa shape index (κ2) is 2.90. The summed E-state index contributed by atoms with van der Waals surface area (Å²) in [6.45, 7) is 0. The highest BCUT2D eigenvalue weighted by Gasteiger charge is 2.01. The molecule has 3 heteroatoms. The van der Waals surface area contributed by atoms with Gasteiger partial charge in [0.05, 0.1) is 11.6 Å². The van der Waals surface area contributed by atoms with Gasteiger partial charge in [-0.1, -0.05) is 0 Å². The van der Waals surface area contributed by atoms with Gasteiger partial charge < -0.3 is 0 Å². The summed E-state index contributed by atoms with van der Waals surface area (Å²) in [6, 6.07) is 11.4. The van der Waals surface area contributed by atoms with Crippen LogP contribution in [0.25, 0.3) is 10.1 Å². The molecule has 0 saturated heterocycles. The fourth-order valence-corrected chi connectivity index (χ4v) is 2.01. The zero-order valence-electron chi connectivity index (χ0n) is 6.61. The van der Waals surface area contributed by atoms with E-state index in [1.165, 1.54) is 11.3 Å². The molecule has 13 heavy (non-hydrogen) atoms. The Morgan fingerprint density at radius 3 is 2.62 bits per heavy atom. The lowest BCUT2D eigenvalue weighted by Gasteiger charge is -1.87. The molecule has 1 aromatic carbocycles. The molecule has 1 heterocycles. The minimum Gasteiger partial charge on any atom is -0.192 e. The first-order valence-corrected chi connectivity index (χ1v) is 4.49.